The van der Waals surface area contributed by atoms with Crippen LogP contribution in [0.1, 0.15) is 49.7 Å². The fourth-order valence-electron chi connectivity index (χ4n) is 4.67. The van der Waals surface area contributed by atoms with E-state index in [2.05, 4.69) is 22.3 Å². The minimum absolute atomic E-state index is 0.0293. The number of aryl methyl sites for hydroxylation is 1. The summed E-state index contributed by atoms with van der Waals surface area (Å²) in [6.45, 7) is 8.11. The van der Waals surface area contributed by atoms with Gasteiger partial charge in [0.15, 0.2) is 0 Å². The molecule has 0 unspecified atom stereocenters. The van der Waals surface area contributed by atoms with Crippen LogP contribution in [0.3, 0.4) is 0 Å². The van der Waals surface area contributed by atoms with Crippen molar-refractivity contribution in [2.24, 2.45) is 11.7 Å². The SMILES string of the molecule is CC[C@H]1CN(C(=O)C(C)(C)O)CC[C@H]1Nc1c(C(N)=O)cnn2cc(-c3ccnc(C)c3)cc12. The predicted molar refractivity (Wildman–Crippen MR) is 130 cm³/mol. The molecule has 1 saturated heterocycles. The second-order valence-electron chi connectivity index (χ2n) is 9.56. The summed E-state index contributed by atoms with van der Waals surface area (Å²) in [6, 6.07) is 5.96. The number of primary amides is 1. The smallest absolute Gasteiger partial charge is 0.253 e. The molecule has 1 aliphatic heterocycles. The van der Waals surface area contributed by atoms with Crippen LogP contribution in [0.15, 0.2) is 36.8 Å². The molecule has 1 fully saturated rings. The molecule has 0 aromatic carbocycles. The largest absolute Gasteiger partial charge is 0.381 e. The molecule has 0 bridgehead atoms. The van der Waals surface area contributed by atoms with Gasteiger partial charge >= 0.3 is 0 Å². The Hall–Kier alpha value is -3.46. The Kier molecular flexibility index (Phi) is 6.31. The number of pyridine rings is 1. The molecule has 4 rings (SSSR count). The van der Waals surface area contributed by atoms with E-state index in [1.165, 1.54) is 20.0 Å². The number of nitrogens with two attached hydrogens (primary N) is 1. The van der Waals surface area contributed by atoms with Gasteiger partial charge < -0.3 is 21.1 Å². The molecule has 4 N–H and O–H groups in total. The lowest BCUT2D eigenvalue weighted by Crippen LogP contribution is -2.53. The molecule has 0 saturated carbocycles. The second kappa shape index (κ2) is 9.06. The molecule has 0 radical (unpaired) electrons. The van der Waals surface area contributed by atoms with Crippen molar-refractivity contribution in [2.45, 2.75) is 52.2 Å². The minimum Gasteiger partial charge on any atom is -0.381 e. The van der Waals surface area contributed by atoms with Crippen molar-refractivity contribution in [3.63, 3.8) is 0 Å². The number of carbonyl (C=O) groups is 2. The number of hydrogen-bond acceptors (Lipinski definition) is 6. The van der Waals surface area contributed by atoms with Crippen LogP contribution < -0.4 is 11.1 Å². The summed E-state index contributed by atoms with van der Waals surface area (Å²) < 4.78 is 1.74. The molecule has 9 heteroatoms. The third-order valence-corrected chi connectivity index (χ3v) is 6.53. The van der Waals surface area contributed by atoms with Gasteiger partial charge in [-0.3, -0.25) is 14.6 Å². The van der Waals surface area contributed by atoms with Gasteiger partial charge in [-0.25, -0.2) is 4.52 Å². The lowest BCUT2D eigenvalue weighted by Gasteiger charge is -2.41. The first-order valence-corrected chi connectivity index (χ1v) is 11.6. The van der Waals surface area contributed by atoms with Crippen LogP contribution in [0.25, 0.3) is 16.6 Å². The third kappa shape index (κ3) is 4.61. The molecule has 9 nitrogen and oxygen atoms in total. The van der Waals surface area contributed by atoms with E-state index < -0.39 is 11.5 Å². The summed E-state index contributed by atoms with van der Waals surface area (Å²) >= 11 is 0. The van der Waals surface area contributed by atoms with Crippen LogP contribution in [0.4, 0.5) is 5.69 Å². The number of aliphatic hydroxyl groups is 1. The van der Waals surface area contributed by atoms with Crippen molar-refractivity contribution in [3.8, 4) is 11.1 Å². The number of likely N-dealkylation sites (tertiary alicyclic amines) is 1. The molecule has 1 aliphatic rings. The van der Waals surface area contributed by atoms with Gasteiger partial charge in [0, 0.05) is 42.8 Å². The van der Waals surface area contributed by atoms with E-state index in [0.29, 0.717) is 30.8 Å². The second-order valence-corrected chi connectivity index (χ2v) is 9.56. The number of nitrogens with one attached hydrogen (secondary N) is 1. The lowest BCUT2D eigenvalue weighted by molar-refractivity contribution is -0.149. The molecular weight excluding hydrogens is 432 g/mol. The number of piperidine rings is 1. The minimum atomic E-state index is -1.40. The van der Waals surface area contributed by atoms with E-state index in [0.717, 1.165) is 28.8 Å². The molecule has 3 aromatic rings. The summed E-state index contributed by atoms with van der Waals surface area (Å²) in [4.78, 5) is 30.9. The van der Waals surface area contributed by atoms with E-state index in [-0.39, 0.29) is 17.9 Å². The van der Waals surface area contributed by atoms with E-state index in [4.69, 9.17) is 5.73 Å². The summed E-state index contributed by atoms with van der Waals surface area (Å²) in [5.41, 5.74) is 8.91. The monoisotopic (exact) mass is 464 g/mol. The molecule has 0 spiro atoms. The van der Waals surface area contributed by atoms with Crippen molar-refractivity contribution in [1.29, 1.82) is 0 Å². The zero-order valence-electron chi connectivity index (χ0n) is 20.1. The first-order chi connectivity index (χ1) is 16.1. The van der Waals surface area contributed by atoms with Crippen molar-refractivity contribution < 1.29 is 14.7 Å². The van der Waals surface area contributed by atoms with Gasteiger partial charge in [-0.2, -0.15) is 5.10 Å². The highest BCUT2D eigenvalue weighted by atomic mass is 16.3. The van der Waals surface area contributed by atoms with E-state index in [1.54, 1.807) is 15.6 Å². The van der Waals surface area contributed by atoms with Gasteiger partial charge in [-0.15, -0.1) is 0 Å². The molecule has 34 heavy (non-hydrogen) atoms. The molecule has 2 atom stereocenters. The Morgan fingerprint density at radius 1 is 1.29 bits per heavy atom. The van der Waals surface area contributed by atoms with Crippen molar-refractivity contribution in [2.75, 3.05) is 18.4 Å². The quantitative estimate of drug-likeness (QED) is 0.515. The first-order valence-electron chi connectivity index (χ1n) is 11.6. The van der Waals surface area contributed by atoms with E-state index in [1.807, 2.05) is 31.3 Å². The topological polar surface area (TPSA) is 126 Å². The average molecular weight is 465 g/mol. The number of anilines is 1. The van der Waals surface area contributed by atoms with Crippen LogP contribution >= 0.6 is 0 Å². The van der Waals surface area contributed by atoms with Crippen LogP contribution in [0, 0.1) is 12.8 Å². The maximum atomic E-state index is 12.6. The van der Waals surface area contributed by atoms with Crippen LogP contribution in [-0.2, 0) is 4.79 Å². The van der Waals surface area contributed by atoms with Crippen LogP contribution in [0.5, 0.6) is 0 Å². The zero-order valence-corrected chi connectivity index (χ0v) is 20.1. The summed E-state index contributed by atoms with van der Waals surface area (Å²) in [7, 11) is 0. The number of carbonyl (C=O) groups excluding carboxylic acids is 2. The first kappa shape index (κ1) is 23.7. The molecule has 180 valence electrons. The van der Waals surface area contributed by atoms with Gasteiger partial charge in [0.05, 0.1) is 23.0 Å². The number of hydrogen-bond donors (Lipinski definition) is 3. The molecule has 2 amide bonds. The number of aromatic nitrogens is 3. The Labute approximate surface area is 199 Å². The highest BCUT2D eigenvalue weighted by Crippen LogP contribution is 2.32. The van der Waals surface area contributed by atoms with Gasteiger partial charge in [-0.05, 0) is 63.3 Å². The van der Waals surface area contributed by atoms with Gasteiger partial charge in [-0.1, -0.05) is 6.92 Å². The van der Waals surface area contributed by atoms with Crippen LogP contribution in [-0.4, -0.2) is 61.2 Å². The summed E-state index contributed by atoms with van der Waals surface area (Å²) in [5, 5.41) is 18.1. The fourth-order valence-corrected chi connectivity index (χ4v) is 4.67. The highest BCUT2D eigenvalue weighted by Gasteiger charge is 2.36. The molecular formula is C25H32N6O3. The van der Waals surface area contributed by atoms with Crippen molar-refractivity contribution in [1.82, 2.24) is 19.5 Å². The third-order valence-electron chi connectivity index (χ3n) is 6.53. The number of amides is 2. The normalized spacial score (nSPS) is 18.8. The molecule has 3 aromatic heterocycles. The standard InChI is InChI=1S/C25H32N6O3/c1-5-16-13-30(24(33)25(3,4)34)9-7-20(16)29-22-19(23(26)32)12-28-31-14-18(11-21(22)31)17-6-8-27-15(2)10-17/h6,8,10-12,14,16,20,29,34H,5,7,9,13H2,1-4H3,(H2,26,32)/t16-,20+/m0/s1. The number of rotatable bonds is 6. The van der Waals surface area contributed by atoms with E-state index in [9.17, 15) is 14.7 Å². The number of fused-ring (bicyclic) bond motifs is 1. The zero-order chi connectivity index (χ0) is 24.6. The Morgan fingerprint density at radius 2 is 2.06 bits per heavy atom. The van der Waals surface area contributed by atoms with Crippen molar-refractivity contribution in [3.05, 3.63) is 48.0 Å². The Morgan fingerprint density at radius 3 is 2.71 bits per heavy atom. The lowest BCUT2D eigenvalue weighted by atomic mass is 9.88. The highest BCUT2D eigenvalue weighted by molar-refractivity contribution is 6.02. The van der Waals surface area contributed by atoms with Gasteiger partial charge in [0.25, 0.3) is 11.8 Å². The average Bonchev–Trinajstić information content (AvgIpc) is 3.23. The maximum absolute atomic E-state index is 12.6. The predicted octanol–water partition coefficient (Wildman–Crippen LogP) is 2.61. The molecule has 0 aliphatic carbocycles. The molecule has 4 heterocycles. The fraction of sp³-hybridized carbons (Fsp3) is 0.440. The maximum Gasteiger partial charge on any atom is 0.253 e. The number of nitrogens with zero attached hydrogens (tertiary/aromatic N) is 4. The van der Waals surface area contributed by atoms with Crippen LogP contribution in [0.2, 0.25) is 0 Å². The summed E-state index contributed by atoms with van der Waals surface area (Å²) in [6.07, 6.45) is 6.70. The Balaban J connectivity index is 1.68. The van der Waals surface area contributed by atoms with E-state index >= 15 is 0 Å². The van der Waals surface area contributed by atoms with Crippen molar-refractivity contribution >= 4 is 23.0 Å². The summed E-state index contributed by atoms with van der Waals surface area (Å²) in [5.74, 6) is -0.675. The van der Waals surface area contributed by atoms with Gasteiger partial charge in [0.1, 0.15) is 5.60 Å². The Bertz CT molecular complexity index is 1230. The van der Waals surface area contributed by atoms with Gasteiger partial charge in [0.2, 0.25) is 0 Å².